The Labute approximate surface area is 114 Å². The average Bonchev–Trinajstić information content (AvgIpc) is 2.62. The lowest BCUT2D eigenvalue weighted by Gasteiger charge is -2.24. The minimum Gasteiger partial charge on any atom is -0.409 e. The molecule has 1 aromatic rings. The molecular formula is C14H22N4O. The SMILES string of the molecule is Cc1ccc(/C(N)=N/O)c(N2CCCC(C)CC2)n1. The topological polar surface area (TPSA) is 74.7 Å². The number of hydrogen-bond acceptors (Lipinski definition) is 4. The lowest BCUT2D eigenvalue weighted by molar-refractivity contribution is 0.318. The second-order valence-electron chi connectivity index (χ2n) is 5.33. The molecule has 0 radical (unpaired) electrons. The third-order valence-electron chi connectivity index (χ3n) is 3.71. The zero-order valence-electron chi connectivity index (χ0n) is 11.6. The van der Waals surface area contributed by atoms with Crippen molar-refractivity contribution in [2.24, 2.45) is 16.8 Å². The Hall–Kier alpha value is -1.78. The minimum atomic E-state index is 0.125. The standard InChI is InChI=1S/C14H22N4O/c1-10-4-3-8-18(9-7-10)14-12(13(15)17-19)6-5-11(2)16-14/h5-6,10,19H,3-4,7-9H2,1-2H3,(H2,15,17). The number of aromatic nitrogens is 1. The summed E-state index contributed by atoms with van der Waals surface area (Å²) in [4.78, 5) is 6.84. The monoisotopic (exact) mass is 262 g/mol. The van der Waals surface area contributed by atoms with Gasteiger partial charge in [0.25, 0.3) is 0 Å². The van der Waals surface area contributed by atoms with E-state index in [2.05, 4.69) is 22.0 Å². The van der Waals surface area contributed by atoms with E-state index in [0.717, 1.165) is 43.4 Å². The van der Waals surface area contributed by atoms with Crippen LogP contribution in [0, 0.1) is 12.8 Å². The van der Waals surface area contributed by atoms with Crippen LogP contribution < -0.4 is 10.6 Å². The number of aryl methyl sites for hydroxylation is 1. The molecule has 0 spiro atoms. The second kappa shape index (κ2) is 5.91. The average molecular weight is 262 g/mol. The van der Waals surface area contributed by atoms with Gasteiger partial charge in [0.05, 0.1) is 5.56 Å². The maximum atomic E-state index is 8.89. The summed E-state index contributed by atoms with van der Waals surface area (Å²) >= 11 is 0. The van der Waals surface area contributed by atoms with E-state index in [1.807, 2.05) is 19.1 Å². The molecule has 0 amide bonds. The van der Waals surface area contributed by atoms with Crippen LogP contribution in [-0.4, -0.2) is 29.1 Å². The van der Waals surface area contributed by atoms with Gasteiger partial charge in [-0.05, 0) is 44.2 Å². The maximum Gasteiger partial charge on any atom is 0.173 e. The van der Waals surface area contributed by atoms with Gasteiger partial charge >= 0.3 is 0 Å². The highest BCUT2D eigenvalue weighted by Crippen LogP contribution is 2.24. The van der Waals surface area contributed by atoms with Gasteiger partial charge in [0.15, 0.2) is 5.84 Å². The minimum absolute atomic E-state index is 0.125. The van der Waals surface area contributed by atoms with Crippen LogP contribution in [0.5, 0.6) is 0 Å². The van der Waals surface area contributed by atoms with Crippen LogP contribution >= 0.6 is 0 Å². The molecule has 104 valence electrons. The highest BCUT2D eigenvalue weighted by atomic mass is 16.4. The second-order valence-corrected chi connectivity index (χ2v) is 5.33. The van der Waals surface area contributed by atoms with Gasteiger partial charge in [-0.2, -0.15) is 0 Å². The molecule has 1 fully saturated rings. The molecule has 5 heteroatoms. The van der Waals surface area contributed by atoms with Crippen molar-refractivity contribution >= 4 is 11.7 Å². The Morgan fingerprint density at radius 2 is 2.21 bits per heavy atom. The van der Waals surface area contributed by atoms with Crippen molar-refractivity contribution in [1.29, 1.82) is 0 Å². The van der Waals surface area contributed by atoms with Gasteiger partial charge in [-0.3, -0.25) is 0 Å². The number of nitrogens with zero attached hydrogens (tertiary/aromatic N) is 3. The first-order valence-corrected chi connectivity index (χ1v) is 6.82. The summed E-state index contributed by atoms with van der Waals surface area (Å²) in [6.07, 6.45) is 3.57. The van der Waals surface area contributed by atoms with Gasteiger partial charge < -0.3 is 15.8 Å². The van der Waals surface area contributed by atoms with Crippen LogP contribution in [0.15, 0.2) is 17.3 Å². The maximum absolute atomic E-state index is 8.89. The molecule has 1 aromatic heterocycles. The van der Waals surface area contributed by atoms with Crippen LogP contribution in [0.25, 0.3) is 0 Å². The summed E-state index contributed by atoms with van der Waals surface area (Å²) in [7, 11) is 0. The molecule has 1 aliphatic rings. The van der Waals surface area contributed by atoms with Crippen LogP contribution in [0.3, 0.4) is 0 Å². The quantitative estimate of drug-likeness (QED) is 0.370. The Morgan fingerprint density at radius 1 is 1.42 bits per heavy atom. The molecule has 0 saturated carbocycles. The van der Waals surface area contributed by atoms with Crippen molar-refractivity contribution in [3.8, 4) is 0 Å². The largest absolute Gasteiger partial charge is 0.409 e. The molecule has 0 aromatic carbocycles. The van der Waals surface area contributed by atoms with E-state index in [9.17, 15) is 0 Å². The number of anilines is 1. The Kier molecular flexibility index (Phi) is 4.24. The van der Waals surface area contributed by atoms with E-state index < -0.39 is 0 Å². The van der Waals surface area contributed by atoms with E-state index in [1.54, 1.807) is 0 Å². The lowest BCUT2D eigenvalue weighted by Crippen LogP contribution is -2.29. The molecular weight excluding hydrogens is 240 g/mol. The summed E-state index contributed by atoms with van der Waals surface area (Å²) in [5.41, 5.74) is 7.41. The first kappa shape index (κ1) is 13.6. The smallest absolute Gasteiger partial charge is 0.173 e. The molecule has 1 atom stereocenters. The van der Waals surface area contributed by atoms with Crippen molar-refractivity contribution in [2.75, 3.05) is 18.0 Å². The van der Waals surface area contributed by atoms with Crippen molar-refractivity contribution in [2.45, 2.75) is 33.1 Å². The first-order valence-electron chi connectivity index (χ1n) is 6.82. The highest BCUT2D eigenvalue weighted by molar-refractivity contribution is 6.01. The van der Waals surface area contributed by atoms with Gasteiger partial charge in [0.1, 0.15) is 5.82 Å². The van der Waals surface area contributed by atoms with Crippen molar-refractivity contribution in [1.82, 2.24) is 4.98 Å². The predicted molar refractivity (Wildman–Crippen MR) is 76.7 cm³/mol. The van der Waals surface area contributed by atoms with E-state index in [4.69, 9.17) is 10.9 Å². The van der Waals surface area contributed by atoms with Gasteiger partial charge in [-0.1, -0.05) is 12.1 Å². The van der Waals surface area contributed by atoms with E-state index in [-0.39, 0.29) is 5.84 Å². The summed E-state index contributed by atoms with van der Waals surface area (Å²) in [5.74, 6) is 1.71. The van der Waals surface area contributed by atoms with E-state index in [1.165, 1.54) is 6.42 Å². The molecule has 19 heavy (non-hydrogen) atoms. The van der Waals surface area contributed by atoms with Gasteiger partial charge in [-0.25, -0.2) is 4.98 Å². The Morgan fingerprint density at radius 3 is 2.95 bits per heavy atom. The zero-order chi connectivity index (χ0) is 13.8. The zero-order valence-corrected chi connectivity index (χ0v) is 11.6. The van der Waals surface area contributed by atoms with Gasteiger partial charge in [-0.15, -0.1) is 0 Å². The lowest BCUT2D eigenvalue weighted by atomic mass is 10.0. The van der Waals surface area contributed by atoms with Crippen molar-refractivity contribution < 1.29 is 5.21 Å². The normalized spacial score (nSPS) is 21.3. The molecule has 1 saturated heterocycles. The number of nitrogens with two attached hydrogens (primary N) is 1. The molecule has 3 N–H and O–H groups in total. The van der Waals surface area contributed by atoms with Crippen LogP contribution in [0.4, 0.5) is 5.82 Å². The molecule has 2 heterocycles. The van der Waals surface area contributed by atoms with Gasteiger partial charge in [0, 0.05) is 18.8 Å². The first-order chi connectivity index (χ1) is 9.11. The summed E-state index contributed by atoms with van der Waals surface area (Å²) in [5, 5.41) is 12.0. The number of rotatable bonds is 2. The number of oxime groups is 1. The summed E-state index contributed by atoms with van der Waals surface area (Å²) in [6.45, 7) is 6.20. The molecule has 5 nitrogen and oxygen atoms in total. The molecule has 2 rings (SSSR count). The number of hydrogen-bond donors (Lipinski definition) is 2. The third kappa shape index (κ3) is 3.16. The molecule has 0 aliphatic carbocycles. The summed E-state index contributed by atoms with van der Waals surface area (Å²) < 4.78 is 0. The fraction of sp³-hybridized carbons (Fsp3) is 0.571. The Bertz CT molecular complexity index is 473. The number of pyridine rings is 1. The highest BCUT2D eigenvalue weighted by Gasteiger charge is 2.19. The van der Waals surface area contributed by atoms with E-state index in [0.29, 0.717) is 5.56 Å². The number of amidine groups is 1. The Balaban J connectivity index is 2.34. The van der Waals surface area contributed by atoms with E-state index >= 15 is 0 Å². The predicted octanol–water partition coefficient (Wildman–Crippen LogP) is 2.11. The van der Waals surface area contributed by atoms with Crippen molar-refractivity contribution in [3.05, 3.63) is 23.4 Å². The third-order valence-corrected chi connectivity index (χ3v) is 3.71. The fourth-order valence-corrected chi connectivity index (χ4v) is 2.51. The molecule has 1 unspecified atom stereocenters. The fourth-order valence-electron chi connectivity index (χ4n) is 2.51. The van der Waals surface area contributed by atoms with Crippen LogP contribution in [0.2, 0.25) is 0 Å². The summed E-state index contributed by atoms with van der Waals surface area (Å²) in [6, 6.07) is 3.76. The van der Waals surface area contributed by atoms with Crippen LogP contribution in [-0.2, 0) is 0 Å². The van der Waals surface area contributed by atoms with Gasteiger partial charge in [0.2, 0.25) is 0 Å². The molecule has 1 aliphatic heterocycles. The van der Waals surface area contributed by atoms with Crippen molar-refractivity contribution in [3.63, 3.8) is 0 Å². The molecule has 0 bridgehead atoms. The van der Waals surface area contributed by atoms with Crippen LogP contribution in [0.1, 0.15) is 37.4 Å².